The summed E-state index contributed by atoms with van der Waals surface area (Å²) in [5.74, 6) is -0.715. The lowest BCUT2D eigenvalue weighted by Crippen LogP contribution is -2.59. The monoisotopic (exact) mass is 462 g/mol. The third kappa shape index (κ3) is 3.60. The zero-order valence-corrected chi connectivity index (χ0v) is 20.0. The number of benzene rings is 2. The Hall–Kier alpha value is -2.54. The van der Waals surface area contributed by atoms with Crippen molar-refractivity contribution in [3.05, 3.63) is 65.7 Å². The summed E-state index contributed by atoms with van der Waals surface area (Å²) in [7, 11) is 1.44. The van der Waals surface area contributed by atoms with Gasteiger partial charge < -0.3 is 14.9 Å². The Morgan fingerprint density at radius 2 is 1.94 bits per heavy atom. The summed E-state index contributed by atoms with van der Waals surface area (Å²) in [6.45, 7) is 3.28. The Morgan fingerprint density at radius 3 is 2.65 bits per heavy atom. The van der Waals surface area contributed by atoms with Crippen molar-refractivity contribution in [2.75, 3.05) is 20.3 Å². The lowest BCUT2D eigenvalue weighted by Gasteiger charge is -2.49. The summed E-state index contributed by atoms with van der Waals surface area (Å²) < 4.78 is 5.25. The molecule has 3 aliphatic rings. The molecule has 180 valence electrons. The number of rotatable bonds is 7. The molecule has 2 aliphatic heterocycles. The topological polar surface area (TPSA) is 82.4 Å². The molecule has 2 aromatic rings. The second-order valence-electron chi connectivity index (χ2n) is 10.1. The van der Waals surface area contributed by atoms with Gasteiger partial charge in [-0.15, -0.1) is 0 Å². The molecular formula is C28H34N2O4. The molecular weight excluding hydrogens is 428 g/mol. The lowest BCUT2D eigenvalue weighted by atomic mass is 9.57. The highest BCUT2D eigenvalue weighted by molar-refractivity contribution is 6.13. The molecule has 0 amide bonds. The smallest absolute Gasteiger partial charge is 0.314 e. The summed E-state index contributed by atoms with van der Waals surface area (Å²) in [6, 6.07) is 18.7. The van der Waals surface area contributed by atoms with Crippen LogP contribution in [0, 0.1) is 11.8 Å². The molecule has 0 aromatic heterocycles. The van der Waals surface area contributed by atoms with Gasteiger partial charge in [0.2, 0.25) is 0 Å². The number of ether oxygens (including phenoxy) is 1. The summed E-state index contributed by atoms with van der Waals surface area (Å²) in [4.78, 5) is 20.6. The van der Waals surface area contributed by atoms with Gasteiger partial charge in [-0.3, -0.25) is 14.7 Å². The molecule has 2 N–H and O–H groups in total. The minimum Gasteiger partial charge on any atom is -0.469 e. The van der Waals surface area contributed by atoms with Gasteiger partial charge in [0.15, 0.2) is 0 Å². The van der Waals surface area contributed by atoms with Crippen LogP contribution in [-0.4, -0.2) is 58.7 Å². The fourth-order valence-corrected chi connectivity index (χ4v) is 6.79. The molecule has 34 heavy (non-hydrogen) atoms. The van der Waals surface area contributed by atoms with E-state index in [1.165, 1.54) is 18.2 Å². The molecule has 2 unspecified atom stereocenters. The summed E-state index contributed by atoms with van der Waals surface area (Å²) in [5.41, 5.74) is 2.70. The van der Waals surface area contributed by atoms with Crippen molar-refractivity contribution in [3.8, 4) is 0 Å². The minimum absolute atomic E-state index is 0.00230. The van der Waals surface area contributed by atoms with E-state index in [-0.39, 0.29) is 24.5 Å². The second kappa shape index (κ2) is 8.91. The quantitative estimate of drug-likeness (QED) is 0.614. The van der Waals surface area contributed by atoms with E-state index in [1.54, 1.807) is 0 Å². The van der Waals surface area contributed by atoms with E-state index >= 15 is 0 Å². The van der Waals surface area contributed by atoms with E-state index in [1.807, 2.05) is 25.1 Å². The fraction of sp³-hybridized carbons (Fsp3) is 0.500. The number of nitrogens with zero attached hydrogens (tertiary/aromatic N) is 2. The number of methoxy groups -OCH3 is 1. The van der Waals surface area contributed by atoms with E-state index in [4.69, 9.17) is 9.73 Å². The highest BCUT2D eigenvalue weighted by atomic mass is 16.5. The van der Waals surface area contributed by atoms with E-state index < -0.39 is 16.9 Å². The van der Waals surface area contributed by atoms with Crippen LogP contribution in [0.5, 0.6) is 0 Å². The number of para-hydroxylation sites is 1. The first kappa shape index (κ1) is 23.2. The normalized spacial score (nSPS) is 29.5. The van der Waals surface area contributed by atoms with Crippen molar-refractivity contribution >= 4 is 17.4 Å². The van der Waals surface area contributed by atoms with Crippen molar-refractivity contribution in [1.82, 2.24) is 4.90 Å². The van der Waals surface area contributed by atoms with E-state index in [0.29, 0.717) is 19.3 Å². The zero-order chi connectivity index (χ0) is 23.9. The molecule has 1 aliphatic carbocycles. The van der Waals surface area contributed by atoms with Crippen LogP contribution in [0.15, 0.2) is 59.6 Å². The van der Waals surface area contributed by atoms with Gasteiger partial charge in [-0.2, -0.15) is 0 Å². The standard InChI is InChI=1S/C28H34N2O4/c1-3-27(33,18-31)16-20-15-21(26(32)34-2)24-28(22-11-7-8-12-23(22)29-24)13-14-30(25(20)28)17-19-9-5-4-6-10-19/h4-12,20-21,25,31,33H,3,13-18H2,1-2H3/t20-,21?,25-,27+,28?/m1/s1. The number of hydrogen-bond donors (Lipinski definition) is 2. The third-order valence-electron chi connectivity index (χ3n) is 8.40. The van der Waals surface area contributed by atoms with Crippen LogP contribution in [-0.2, 0) is 21.5 Å². The maximum absolute atomic E-state index is 13.0. The predicted molar refractivity (Wildman–Crippen MR) is 131 cm³/mol. The van der Waals surface area contributed by atoms with Crippen molar-refractivity contribution in [2.24, 2.45) is 16.8 Å². The van der Waals surface area contributed by atoms with Crippen LogP contribution in [0.4, 0.5) is 5.69 Å². The van der Waals surface area contributed by atoms with Gasteiger partial charge in [-0.1, -0.05) is 55.5 Å². The van der Waals surface area contributed by atoms with Gasteiger partial charge >= 0.3 is 5.97 Å². The van der Waals surface area contributed by atoms with Crippen LogP contribution in [0.2, 0.25) is 0 Å². The van der Waals surface area contributed by atoms with Crippen molar-refractivity contribution in [1.29, 1.82) is 0 Å². The first-order valence-electron chi connectivity index (χ1n) is 12.3. The summed E-state index contributed by atoms with van der Waals surface area (Å²) in [6.07, 6.45) is 2.31. The number of aliphatic hydroxyl groups is 2. The number of carbonyl (C=O) groups is 1. The van der Waals surface area contributed by atoms with Gasteiger partial charge in [0.25, 0.3) is 0 Å². The number of hydrogen-bond acceptors (Lipinski definition) is 6. The van der Waals surface area contributed by atoms with E-state index in [9.17, 15) is 15.0 Å². The maximum atomic E-state index is 13.0. The van der Waals surface area contributed by atoms with Crippen LogP contribution in [0.25, 0.3) is 0 Å². The Balaban J connectivity index is 1.63. The van der Waals surface area contributed by atoms with E-state index in [0.717, 1.165) is 30.9 Å². The van der Waals surface area contributed by atoms with Crippen molar-refractivity contribution in [2.45, 2.75) is 56.2 Å². The predicted octanol–water partition coefficient (Wildman–Crippen LogP) is 3.62. The maximum Gasteiger partial charge on any atom is 0.314 e. The Bertz CT molecular complexity index is 1080. The van der Waals surface area contributed by atoms with Gasteiger partial charge in [-0.25, -0.2) is 0 Å². The average Bonchev–Trinajstić information content (AvgIpc) is 3.42. The van der Waals surface area contributed by atoms with Crippen LogP contribution in [0.3, 0.4) is 0 Å². The summed E-state index contributed by atoms with van der Waals surface area (Å²) in [5, 5.41) is 21.2. The highest BCUT2D eigenvalue weighted by Gasteiger charge is 2.63. The van der Waals surface area contributed by atoms with E-state index in [2.05, 4.69) is 41.3 Å². The molecule has 0 bridgehead atoms. The molecule has 0 radical (unpaired) electrons. The number of fused-ring (bicyclic) bond motifs is 1. The number of likely N-dealkylation sites (tertiary alicyclic amines) is 1. The van der Waals surface area contributed by atoms with Gasteiger partial charge in [0.1, 0.15) is 0 Å². The Labute approximate surface area is 201 Å². The zero-order valence-electron chi connectivity index (χ0n) is 20.0. The first-order chi connectivity index (χ1) is 16.5. The molecule has 6 nitrogen and oxygen atoms in total. The Morgan fingerprint density at radius 1 is 1.21 bits per heavy atom. The number of aliphatic imine (C=N–C) groups is 1. The molecule has 2 aromatic carbocycles. The van der Waals surface area contributed by atoms with Crippen molar-refractivity contribution in [3.63, 3.8) is 0 Å². The molecule has 2 heterocycles. The molecule has 1 saturated heterocycles. The van der Waals surface area contributed by atoms with Crippen LogP contribution < -0.4 is 0 Å². The molecule has 2 fully saturated rings. The number of esters is 1. The lowest BCUT2D eigenvalue weighted by molar-refractivity contribution is -0.144. The first-order valence-corrected chi connectivity index (χ1v) is 12.3. The van der Waals surface area contributed by atoms with Gasteiger partial charge in [0.05, 0.1) is 36.3 Å². The summed E-state index contributed by atoms with van der Waals surface area (Å²) >= 11 is 0. The van der Waals surface area contributed by atoms with Crippen LogP contribution in [0.1, 0.15) is 43.7 Å². The minimum atomic E-state index is -1.18. The fourth-order valence-electron chi connectivity index (χ4n) is 6.79. The molecule has 5 rings (SSSR count). The van der Waals surface area contributed by atoms with Gasteiger partial charge in [0, 0.05) is 24.8 Å². The highest BCUT2D eigenvalue weighted by Crippen LogP contribution is 2.58. The average molecular weight is 463 g/mol. The number of carbonyl (C=O) groups excluding carboxylic acids is 1. The number of aliphatic hydroxyl groups excluding tert-OH is 1. The largest absolute Gasteiger partial charge is 0.469 e. The molecule has 6 heteroatoms. The second-order valence-corrected chi connectivity index (χ2v) is 10.1. The molecule has 1 spiro atoms. The Kier molecular flexibility index (Phi) is 6.09. The SMILES string of the molecule is CC[C@@](O)(CO)C[C@H]1CC(C(=O)OC)C2=Nc3ccccc3C23CCN(Cc2ccccc2)[C@H]13. The van der Waals surface area contributed by atoms with Crippen LogP contribution >= 0.6 is 0 Å². The van der Waals surface area contributed by atoms with Gasteiger partial charge in [-0.05, 0) is 48.8 Å². The molecule has 5 atom stereocenters. The molecule has 1 saturated carbocycles. The third-order valence-corrected chi connectivity index (χ3v) is 8.40. The van der Waals surface area contributed by atoms with Crippen molar-refractivity contribution < 1.29 is 19.7 Å².